The molecule has 8 heteroatoms. The topological polar surface area (TPSA) is 82.7 Å². The highest BCUT2D eigenvalue weighted by molar-refractivity contribution is 6.07. The van der Waals surface area contributed by atoms with Crippen molar-refractivity contribution in [2.24, 2.45) is 0 Å². The number of anilines is 2. The predicted molar refractivity (Wildman–Crippen MR) is 94.4 cm³/mol. The Morgan fingerprint density at radius 3 is 2.31 bits per heavy atom. The van der Waals surface area contributed by atoms with Crippen LogP contribution in [0.2, 0.25) is 0 Å². The summed E-state index contributed by atoms with van der Waals surface area (Å²) in [5.74, 6) is 0.405. The van der Waals surface area contributed by atoms with Crippen molar-refractivity contribution >= 4 is 33.6 Å². The summed E-state index contributed by atoms with van der Waals surface area (Å²) in [5, 5.41) is 1.56. The average Bonchev–Trinajstić information content (AvgIpc) is 2.98. The van der Waals surface area contributed by atoms with Gasteiger partial charge in [-0.05, 0) is 35.9 Å². The molecule has 4 rings (SSSR count). The minimum atomic E-state index is -4.34. The van der Waals surface area contributed by atoms with Gasteiger partial charge in [0.25, 0.3) is 0 Å². The van der Waals surface area contributed by atoms with Gasteiger partial charge in [0.2, 0.25) is 5.95 Å². The van der Waals surface area contributed by atoms with E-state index in [1.165, 1.54) is 12.1 Å². The van der Waals surface area contributed by atoms with Gasteiger partial charge in [-0.3, -0.25) is 0 Å². The number of nitrogen functional groups attached to an aromatic ring is 2. The molecule has 0 aliphatic rings. The van der Waals surface area contributed by atoms with Crippen molar-refractivity contribution < 1.29 is 13.2 Å². The normalized spacial score (nSPS) is 12.1. The first-order valence-corrected chi connectivity index (χ1v) is 7.79. The molecule has 0 amide bonds. The summed E-state index contributed by atoms with van der Waals surface area (Å²) in [6.45, 7) is 0.434. The quantitative estimate of drug-likeness (QED) is 0.571. The number of benzene rings is 2. The molecular weight excluding hydrogens is 343 g/mol. The number of nitrogens with zero attached hydrogens (tertiary/aromatic N) is 3. The Kier molecular flexibility index (Phi) is 3.50. The maximum Gasteiger partial charge on any atom is 0.416 e. The first-order chi connectivity index (χ1) is 12.3. The number of nitrogens with two attached hydrogens (primary N) is 2. The molecule has 0 bridgehead atoms. The highest BCUT2D eigenvalue weighted by Crippen LogP contribution is 2.30. The van der Waals surface area contributed by atoms with Gasteiger partial charge in [0, 0.05) is 23.5 Å². The van der Waals surface area contributed by atoms with E-state index in [-0.39, 0.29) is 5.95 Å². The number of hydrogen-bond acceptors (Lipinski definition) is 4. The highest BCUT2D eigenvalue weighted by atomic mass is 19.4. The van der Waals surface area contributed by atoms with Gasteiger partial charge < -0.3 is 16.0 Å². The SMILES string of the molecule is Nc1nc(N)c2ccc3c(ccn3Cc3ccc(C(F)(F)F)cc3)c2n1. The van der Waals surface area contributed by atoms with Crippen molar-refractivity contribution in [2.45, 2.75) is 12.7 Å². The predicted octanol–water partition coefficient (Wildman–Crippen LogP) is 3.82. The maximum absolute atomic E-state index is 12.7. The van der Waals surface area contributed by atoms with Gasteiger partial charge >= 0.3 is 6.18 Å². The lowest BCUT2D eigenvalue weighted by Crippen LogP contribution is -2.05. The van der Waals surface area contributed by atoms with E-state index in [0.717, 1.165) is 28.6 Å². The zero-order valence-electron chi connectivity index (χ0n) is 13.5. The molecule has 2 aromatic carbocycles. The highest BCUT2D eigenvalue weighted by Gasteiger charge is 2.29. The molecular formula is C18H14F3N5. The van der Waals surface area contributed by atoms with Crippen LogP contribution in [0.4, 0.5) is 24.9 Å². The number of hydrogen-bond donors (Lipinski definition) is 2. The van der Waals surface area contributed by atoms with Crippen molar-refractivity contribution in [3.05, 3.63) is 59.8 Å². The number of alkyl halides is 3. The van der Waals surface area contributed by atoms with Crippen LogP contribution in [0, 0.1) is 0 Å². The Balaban J connectivity index is 1.75. The third-order valence-electron chi connectivity index (χ3n) is 4.30. The lowest BCUT2D eigenvalue weighted by atomic mass is 10.1. The molecule has 0 atom stereocenters. The Hall–Kier alpha value is -3.29. The first-order valence-electron chi connectivity index (χ1n) is 7.79. The van der Waals surface area contributed by atoms with Gasteiger partial charge in [-0.15, -0.1) is 0 Å². The Morgan fingerprint density at radius 2 is 1.62 bits per heavy atom. The molecule has 5 nitrogen and oxygen atoms in total. The molecule has 0 unspecified atom stereocenters. The van der Waals surface area contributed by atoms with Crippen molar-refractivity contribution in [1.29, 1.82) is 0 Å². The van der Waals surface area contributed by atoms with Crippen LogP contribution in [0.1, 0.15) is 11.1 Å². The Morgan fingerprint density at radius 1 is 0.885 bits per heavy atom. The molecule has 0 radical (unpaired) electrons. The zero-order valence-corrected chi connectivity index (χ0v) is 13.5. The number of rotatable bonds is 2. The number of aromatic nitrogens is 3. The van der Waals surface area contributed by atoms with Gasteiger partial charge in [-0.1, -0.05) is 12.1 Å². The average molecular weight is 357 g/mol. The van der Waals surface area contributed by atoms with Gasteiger partial charge in [-0.25, -0.2) is 4.98 Å². The molecule has 0 aliphatic heterocycles. The van der Waals surface area contributed by atoms with Crippen LogP contribution in [-0.4, -0.2) is 14.5 Å². The zero-order chi connectivity index (χ0) is 18.5. The van der Waals surface area contributed by atoms with Crippen LogP contribution in [0.15, 0.2) is 48.7 Å². The minimum Gasteiger partial charge on any atom is -0.383 e. The molecule has 0 aliphatic carbocycles. The minimum absolute atomic E-state index is 0.0954. The third-order valence-corrected chi connectivity index (χ3v) is 4.30. The molecule has 0 fully saturated rings. The molecule has 0 saturated carbocycles. The molecule has 26 heavy (non-hydrogen) atoms. The Labute approximate surface area is 146 Å². The van der Waals surface area contributed by atoms with E-state index < -0.39 is 11.7 Å². The summed E-state index contributed by atoms with van der Waals surface area (Å²) < 4.78 is 40.0. The monoisotopic (exact) mass is 357 g/mol. The van der Waals surface area contributed by atoms with Crippen LogP contribution in [0.25, 0.3) is 21.8 Å². The molecule has 0 spiro atoms. The van der Waals surface area contributed by atoms with Crippen molar-refractivity contribution in [3.63, 3.8) is 0 Å². The lowest BCUT2D eigenvalue weighted by molar-refractivity contribution is -0.137. The van der Waals surface area contributed by atoms with Gasteiger partial charge in [-0.2, -0.15) is 18.2 Å². The van der Waals surface area contributed by atoms with E-state index >= 15 is 0 Å². The summed E-state index contributed by atoms with van der Waals surface area (Å²) in [6, 6.07) is 10.7. The Bertz CT molecular complexity index is 1110. The van der Waals surface area contributed by atoms with Crippen molar-refractivity contribution in [2.75, 3.05) is 11.5 Å². The molecule has 4 N–H and O–H groups in total. The van der Waals surface area contributed by atoms with Gasteiger partial charge in [0.05, 0.1) is 16.6 Å². The second kappa shape index (κ2) is 5.62. The molecule has 0 saturated heterocycles. The second-order valence-corrected chi connectivity index (χ2v) is 6.00. The second-order valence-electron chi connectivity index (χ2n) is 6.00. The summed E-state index contributed by atoms with van der Waals surface area (Å²) >= 11 is 0. The van der Waals surface area contributed by atoms with Crippen molar-refractivity contribution in [3.8, 4) is 0 Å². The number of halogens is 3. The van der Waals surface area contributed by atoms with Crippen LogP contribution >= 0.6 is 0 Å². The van der Waals surface area contributed by atoms with E-state index in [4.69, 9.17) is 11.5 Å². The van der Waals surface area contributed by atoms with Crippen LogP contribution < -0.4 is 11.5 Å². The van der Waals surface area contributed by atoms with Gasteiger partial charge in [0.1, 0.15) is 5.82 Å². The van der Waals surface area contributed by atoms with E-state index in [2.05, 4.69) is 9.97 Å². The molecule has 132 valence electrons. The third kappa shape index (κ3) is 2.69. The van der Waals surface area contributed by atoms with Crippen LogP contribution in [0.5, 0.6) is 0 Å². The van der Waals surface area contributed by atoms with Crippen molar-refractivity contribution in [1.82, 2.24) is 14.5 Å². The largest absolute Gasteiger partial charge is 0.416 e. The summed E-state index contributed by atoms with van der Waals surface area (Å²) in [7, 11) is 0. The van der Waals surface area contributed by atoms with E-state index in [1.54, 1.807) is 0 Å². The maximum atomic E-state index is 12.7. The summed E-state index contributed by atoms with van der Waals surface area (Å²) in [5.41, 5.74) is 13.2. The lowest BCUT2D eigenvalue weighted by Gasteiger charge is -2.10. The molecule has 4 aromatic rings. The summed E-state index contributed by atoms with van der Waals surface area (Å²) in [6.07, 6.45) is -2.48. The van der Waals surface area contributed by atoms with E-state index in [9.17, 15) is 13.2 Å². The smallest absolute Gasteiger partial charge is 0.383 e. The fourth-order valence-corrected chi connectivity index (χ4v) is 3.04. The number of fused-ring (bicyclic) bond motifs is 3. The first kappa shape index (κ1) is 16.2. The van der Waals surface area contributed by atoms with E-state index in [0.29, 0.717) is 23.3 Å². The fourth-order valence-electron chi connectivity index (χ4n) is 3.04. The van der Waals surface area contributed by atoms with Crippen LogP contribution in [-0.2, 0) is 12.7 Å². The molecule has 2 heterocycles. The standard InChI is InChI=1S/C18H14F3N5/c19-18(20,21)11-3-1-10(2-4-11)9-26-8-7-12-14(26)6-5-13-15(12)24-17(23)25-16(13)22/h1-8H,9H2,(H4,22,23,24,25). The summed E-state index contributed by atoms with van der Waals surface area (Å²) in [4.78, 5) is 8.23. The fraction of sp³-hybridized carbons (Fsp3) is 0.111. The van der Waals surface area contributed by atoms with E-state index in [1.807, 2.05) is 29.0 Å². The van der Waals surface area contributed by atoms with Gasteiger partial charge in [0.15, 0.2) is 0 Å². The van der Waals surface area contributed by atoms with Crippen LogP contribution in [0.3, 0.4) is 0 Å². The molecule has 2 aromatic heterocycles.